The predicted octanol–water partition coefficient (Wildman–Crippen LogP) is 0.774. The molecule has 8 heteroatoms. The lowest BCUT2D eigenvalue weighted by Crippen LogP contribution is -2.37. The van der Waals surface area contributed by atoms with Gasteiger partial charge in [-0.2, -0.15) is 0 Å². The van der Waals surface area contributed by atoms with E-state index in [1.54, 1.807) is 0 Å². The van der Waals surface area contributed by atoms with E-state index in [-0.39, 0.29) is 5.56 Å². The molecular formula is C16H21NO7. The lowest BCUT2D eigenvalue weighted by molar-refractivity contribution is -0.129. The van der Waals surface area contributed by atoms with Crippen LogP contribution in [0.2, 0.25) is 0 Å². The van der Waals surface area contributed by atoms with E-state index in [1.807, 2.05) is 0 Å². The molecule has 1 heterocycles. The molecule has 0 saturated carbocycles. The summed E-state index contributed by atoms with van der Waals surface area (Å²) in [5.74, 6) is 0.177. The number of hydrogen-bond acceptors (Lipinski definition) is 7. The molecule has 0 aliphatic carbocycles. The third kappa shape index (κ3) is 4.29. The van der Waals surface area contributed by atoms with Gasteiger partial charge in [0.1, 0.15) is 13.2 Å². The molecule has 1 atom stereocenters. The fourth-order valence-electron chi connectivity index (χ4n) is 2.09. The lowest BCUT2D eigenvalue weighted by Gasteiger charge is -2.21. The molecule has 1 aliphatic rings. The van der Waals surface area contributed by atoms with E-state index in [9.17, 15) is 9.59 Å². The molecule has 0 bridgehead atoms. The second kappa shape index (κ2) is 8.39. The van der Waals surface area contributed by atoms with Gasteiger partial charge < -0.3 is 29.0 Å². The van der Waals surface area contributed by atoms with Gasteiger partial charge in [0.25, 0.3) is 5.91 Å². The van der Waals surface area contributed by atoms with Crippen molar-refractivity contribution in [2.75, 3.05) is 40.6 Å². The summed E-state index contributed by atoms with van der Waals surface area (Å²) in [4.78, 5) is 24.1. The number of carbonyl (C=O) groups is 2. The molecule has 132 valence electrons. The summed E-state index contributed by atoms with van der Waals surface area (Å²) in [7, 11) is 3.00. The van der Waals surface area contributed by atoms with Crippen molar-refractivity contribution in [3.8, 4) is 17.2 Å². The van der Waals surface area contributed by atoms with Crippen molar-refractivity contribution in [3.05, 3.63) is 17.7 Å². The quantitative estimate of drug-likeness (QED) is 0.579. The summed E-state index contributed by atoms with van der Waals surface area (Å²) in [6, 6.07) is 3.00. The molecule has 1 N–H and O–H groups in total. The second-order valence-electron chi connectivity index (χ2n) is 5.03. The molecule has 0 fully saturated rings. The SMILES string of the molecule is COCCNC(=O)[C@@H](C)OC(=O)c1cc(OC)c2c(c1)OCCO2. The van der Waals surface area contributed by atoms with Gasteiger partial charge in [-0.15, -0.1) is 0 Å². The highest BCUT2D eigenvalue weighted by Crippen LogP contribution is 2.40. The number of hydrogen-bond donors (Lipinski definition) is 1. The molecule has 0 saturated heterocycles. The van der Waals surface area contributed by atoms with Crippen molar-refractivity contribution < 1.29 is 33.3 Å². The number of amides is 1. The first kappa shape index (κ1) is 17.9. The zero-order valence-corrected chi connectivity index (χ0v) is 13.9. The first-order chi connectivity index (χ1) is 11.6. The van der Waals surface area contributed by atoms with Crippen LogP contribution >= 0.6 is 0 Å². The van der Waals surface area contributed by atoms with Crippen LogP contribution in [0, 0.1) is 0 Å². The second-order valence-corrected chi connectivity index (χ2v) is 5.03. The molecular weight excluding hydrogens is 318 g/mol. The average molecular weight is 339 g/mol. The molecule has 0 radical (unpaired) electrons. The number of fused-ring (bicyclic) bond motifs is 1. The molecule has 0 aromatic heterocycles. The van der Waals surface area contributed by atoms with E-state index in [1.165, 1.54) is 33.3 Å². The maximum Gasteiger partial charge on any atom is 0.339 e. The highest BCUT2D eigenvalue weighted by Gasteiger charge is 2.24. The molecule has 2 rings (SSSR count). The minimum absolute atomic E-state index is 0.215. The minimum atomic E-state index is -0.937. The summed E-state index contributed by atoms with van der Waals surface area (Å²) in [6.07, 6.45) is -0.937. The standard InChI is InChI=1S/C16H21NO7/c1-10(15(18)17-4-5-20-2)24-16(19)11-8-12(21-3)14-13(9-11)22-6-7-23-14/h8-10H,4-7H2,1-3H3,(H,17,18)/t10-/m1/s1. The lowest BCUT2D eigenvalue weighted by atomic mass is 10.1. The van der Waals surface area contributed by atoms with Gasteiger partial charge >= 0.3 is 5.97 Å². The molecule has 0 unspecified atom stereocenters. The van der Waals surface area contributed by atoms with Gasteiger partial charge in [0, 0.05) is 13.7 Å². The topological polar surface area (TPSA) is 92.3 Å². The van der Waals surface area contributed by atoms with Crippen molar-refractivity contribution in [2.24, 2.45) is 0 Å². The van der Waals surface area contributed by atoms with Gasteiger partial charge in [-0.3, -0.25) is 4.79 Å². The molecule has 1 aliphatic heterocycles. The molecule has 1 aromatic carbocycles. The van der Waals surface area contributed by atoms with Crippen LogP contribution in [0.5, 0.6) is 17.2 Å². The number of benzene rings is 1. The average Bonchev–Trinajstić information content (AvgIpc) is 2.60. The van der Waals surface area contributed by atoms with Gasteiger partial charge in [-0.25, -0.2) is 4.79 Å². The van der Waals surface area contributed by atoms with Crippen LogP contribution in [0.25, 0.3) is 0 Å². The zero-order valence-electron chi connectivity index (χ0n) is 13.9. The summed E-state index contributed by atoms with van der Waals surface area (Å²) in [5, 5.41) is 2.60. The highest BCUT2D eigenvalue weighted by molar-refractivity contribution is 5.93. The predicted molar refractivity (Wildman–Crippen MR) is 83.7 cm³/mol. The van der Waals surface area contributed by atoms with Crippen LogP contribution in [0.15, 0.2) is 12.1 Å². The van der Waals surface area contributed by atoms with E-state index in [4.69, 9.17) is 23.7 Å². The summed E-state index contributed by atoms with van der Waals surface area (Å²) in [6.45, 7) is 3.01. The number of nitrogens with one attached hydrogen (secondary N) is 1. The Bertz CT molecular complexity index is 585. The Morgan fingerprint density at radius 1 is 1.25 bits per heavy atom. The van der Waals surface area contributed by atoms with Crippen LogP contribution in [0.4, 0.5) is 0 Å². The Morgan fingerprint density at radius 2 is 2.00 bits per heavy atom. The number of methoxy groups -OCH3 is 2. The fraction of sp³-hybridized carbons (Fsp3) is 0.500. The van der Waals surface area contributed by atoms with E-state index in [0.29, 0.717) is 43.6 Å². The van der Waals surface area contributed by atoms with Gasteiger partial charge in [0.15, 0.2) is 17.6 Å². The normalized spacial score (nSPS) is 13.8. The molecule has 8 nitrogen and oxygen atoms in total. The molecule has 0 spiro atoms. The molecule has 24 heavy (non-hydrogen) atoms. The van der Waals surface area contributed by atoms with Crippen molar-refractivity contribution in [1.29, 1.82) is 0 Å². The number of carbonyl (C=O) groups excluding carboxylic acids is 2. The number of ether oxygens (including phenoxy) is 5. The van der Waals surface area contributed by atoms with Crippen LogP contribution in [-0.4, -0.2) is 58.6 Å². The Hall–Kier alpha value is -2.48. The smallest absolute Gasteiger partial charge is 0.339 e. The fourth-order valence-corrected chi connectivity index (χ4v) is 2.09. The number of esters is 1. The van der Waals surface area contributed by atoms with Crippen molar-refractivity contribution >= 4 is 11.9 Å². The van der Waals surface area contributed by atoms with Crippen molar-refractivity contribution in [2.45, 2.75) is 13.0 Å². The molecule has 1 amide bonds. The third-order valence-electron chi connectivity index (χ3n) is 3.32. The van der Waals surface area contributed by atoms with Crippen molar-refractivity contribution in [1.82, 2.24) is 5.32 Å². The van der Waals surface area contributed by atoms with Crippen molar-refractivity contribution in [3.63, 3.8) is 0 Å². The van der Waals surface area contributed by atoms with Crippen LogP contribution in [0.1, 0.15) is 17.3 Å². The highest BCUT2D eigenvalue weighted by atomic mass is 16.6. The van der Waals surface area contributed by atoms with Gasteiger partial charge in [0.05, 0.1) is 19.3 Å². The van der Waals surface area contributed by atoms with E-state index in [2.05, 4.69) is 5.32 Å². The zero-order chi connectivity index (χ0) is 17.5. The Labute approximate surface area is 140 Å². The van der Waals surface area contributed by atoms with E-state index < -0.39 is 18.0 Å². The Balaban J connectivity index is 2.05. The summed E-state index contributed by atoms with van der Waals surface area (Å²) >= 11 is 0. The molecule has 1 aromatic rings. The monoisotopic (exact) mass is 339 g/mol. The Morgan fingerprint density at radius 3 is 2.71 bits per heavy atom. The first-order valence-corrected chi connectivity index (χ1v) is 7.52. The first-order valence-electron chi connectivity index (χ1n) is 7.52. The van der Waals surface area contributed by atoms with Crippen LogP contribution in [0.3, 0.4) is 0 Å². The Kier molecular flexibility index (Phi) is 6.25. The van der Waals surface area contributed by atoms with Gasteiger partial charge in [-0.05, 0) is 19.1 Å². The van der Waals surface area contributed by atoms with Crippen LogP contribution < -0.4 is 19.5 Å². The van der Waals surface area contributed by atoms with Gasteiger partial charge in [0.2, 0.25) is 5.75 Å². The summed E-state index contributed by atoms with van der Waals surface area (Å²) in [5.41, 5.74) is 0.215. The van der Waals surface area contributed by atoms with E-state index >= 15 is 0 Å². The van der Waals surface area contributed by atoms with Gasteiger partial charge in [-0.1, -0.05) is 0 Å². The van der Waals surface area contributed by atoms with E-state index in [0.717, 1.165) is 0 Å². The minimum Gasteiger partial charge on any atom is -0.493 e. The summed E-state index contributed by atoms with van der Waals surface area (Å²) < 4.78 is 26.2. The number of rotatable bonds is 7. The third-order valence-corrected chi connectivity index (χ3v) is 3.32. The largest absolute Gasteiger partial charge is 0.493 e. The maximum atomic E-state index is 12.3. The van der Waals surface area contributed by atoms with Crippen LogP contribution in [-0.2, 0) is 14.3 Å². The maximum absolute atomic E-state index is 12.3.